The summed E-state index contributed by atoms with van der Waals surface area (Å²) in [5, 5.41) is 15.3. The third kappa shape index (κ3) is 5.15. The largest absolute Gasteiger partial charge is 0.494 e. The number of non-ortho nitro benzene ring substituents is 1. The van der Waals surface area contributed by atoms with Crippen molar-refractivity contribution in [1.29, 1.82) is 0 Å². The van der Waals surface area contributed by atoms with Gasteiger partial charge in [-0.25, -0.2) is 5.43 Å². The quantitative estimate of drug-likeness (QED) is 0.287. The van der Waals surface area contributed by atoms with E-state index >= 15 is 0 Å². The summed E-state index contributed by atoms with van der Waals surface area (Å²) in [6.07, 6.45) is 2.46. The van der Waals surface area contributed by atoms with E-state index in [0.29, 0.717) is 23.6 Å². The lowest BCUT2D eigenvalue weighted by Gasteiger charge is -2.11. The molecule has 9 heteroatoms. The average Bonchev–Trinajstić information content (AvgIpc) is 3.05. The third-order valence-corrected chi connectivity index (χ3v) is 5.12. The molecule has 0 radical (unpaired) electrons. The summed E-state index contributed by atoms with van der Waals surface area (Å²) in [7, 11) is 0. The Labute approximate surface area is 190 Å². The zero-order valence-electron chi connectivity index (χ0n) is 18.0. The number of aryl methyl sites for hydroxylation is 1. The summed E-state index contributed by atoms with van der Waals surface area (Å²) < 4.78 is 7.39. The Morgan fingerprint density at radius 3 is 2.56 bits per heavy atom. The Kier molecular flexibility index (Phi) is 7.27. The van der Waals surface area contributed by atoms with Crippen LogP contribution in [0, 0.1) is 24.0 Å². The van der Waals surface area contributed by atoms with E-state index < -0.39 is 4.92 Å². The van der Waals surface area contributed by atoms with Gasteiger partial charge in [0.15, 0.2) is 0 Å². The van der Waals surface area contributed by atoms with Crippen LogP contribution in [0.25, 0.3) is 5.69 Å². The van der Waals surface area contributed by atoms with Gasteiger partial charge >= 0.3 is 0 Å². The average molecular weight is 455 g/mol. The number of ether oxygens (including phenoxy) is 1. The molecule has 1 N–H and O–H groups in total. The van der Waals surface area contributed by atoms with E-state index in [1.54, 1.807) is 36.5 Å². The highest BCUT2D eigenvalue weighted by atomic mass is 35.5. The molecule has 0 spiro atoms. The van der Waals surface area contributed by atoms with Crippen molar-refractivity contribution in [2.24, 2.45) is 5.10 Å². The number of aromatic nitrogens is 1. The van der Waals surface area contributed by atoms with Crippen LogP contribution in [0.15, 0.2) is 53.6 Å². The summed E-state index contributed by atoms with van der Waals surface area (Å²) in [4.78, 5) is 22.8. The Morgan fingerprint density at radius 2 is 1.94 bits per heavy atom. The van der Waals surface area contributed by atoms with Gasteiger partial charge in [0.05, 0.1) is 28.5 Å². The smallest absolute Gasteiger partial charge is 0.271 e. The van der Waals surface area contributed by atoms with Crippen LogP contribution in [0.3, 0.4) is 0 Å². The molecule has 0 saturated carbocycles. The van der Waals surface area contributed by atoms with Gasteiger partial charge in [0.1, 0.15) is 5.75 Å². The zero-order chi connectivity index (χ0) is 23.3. The Morgan fingerprint density at radius 1 is 1.22 bits per heavy atom. The van der Waals surface area contributed by atoms with E-state index in [4.69, 9.17) is 16.3 Å². The van der Waals surface area contributed by atoms with E-state index in [0.717, 1.165) is 23.4 Å². The molecule has 0 bridgehead atoms. The van der Waals surface area contributed by atoms with Gasteiger partial charge in [-0.1, -0.05) is 18.5 Å². The van der Waals surface area contributed by atoms with Crippen molar-refractivity contribution in [3.05, 3.63) is 86.2 Å². The van der Waals surface area contributed by atoms with Crippen LogP contribution in [0.2, 0.25) is 5.02 Å². The summed E-state index contributed by atoms with van der Waals surface area (Å²) in [6.45, 7) is 6.42. The SMILES string of the molecule is CCCOc1ccc(C(=O)N/N=C\c2cc(C)n(-c3ccc([N+](=O)[O-])cc3Cl)c2C)cc1. The standard InChI is InChI=1S/C23H23ClN4O4/c1-4-11-32-20-8-5-17(6-9-20)23(29)26-25-14-18-12-15(2)27(16(18)3)22-10-7-19(28(30)31)13-21(22)24/h5-10,12-14H,4,11H2,1-3H3,(H,26,29)/b25-14-. The lowest BCUT2D eigenvalue weighted by atomic mass is 10.2. The molecule has 0 fully saturated rings. The fraction of sp³-hybridized carbons (Fsp3) is 0.217. The van der Waals surface area contributed by atoms with Crippen LogP contribution in [0.5, 0.6) is 5.75 Å². The first-order valence-corrected chi connectivity index (χ1v) is 10.4. The van der Waals surface area contributed by atoms with E-state index in [1.165, 1.54) is 12.1 Å². The first-order valence-electron chi connectivity index (χ1n) is 10.0. The summed E-state index contributed by atoms with van der Waals surface area (Å²) in [5.74, 6) is 0.375. The number of hydrogen-bond donors (Lipinski definition) is 1. The van der Waals surface area contributed by atoms with Gasteiger partial charge in [-0.15, -0.1) is 0 Å². The topological polar surface area (TPSA) is 98.8 Å². The van der Waals surface area contributed by atoms with Crippen molar-refractivity contribution in [2.45, 2.75) is 27.2 Å². The molecule has 0 aliphatic carbocycles. The van der Waals surface area contributed by atoms with E-state index in [9.17, 15) is 14.9 Å². The summed E-state index contributed by atoms with van der Waals surface area (Å²) >= 11 is 6.29. The molecule has 1 aromatic heterocycles. The number of nitro benzene ring substituents is 1. The van der Waals surface area contributed by atoms with Gasteiger partial charge in [0, 0.05) is 34.6 Å². The molecular formula is C23H23ClN4O4. The molecule has 3 aromatic rings. The van der Waals surface area contributed by atoms with Gasteiger partial charge in [-0.2, -0.15) is 5.10 Å². The maximum absolute atomic E-state index is 12.3. The highest BCUT2D eigenvalue weighted by Gasteiger charge is 2.15. The second kappa shape index (κ2) is 10.1. The number of nitro groups is 1. The number of carbonyl (C=O) groups is 1. The molecule has 0 unspecified atom stereocenters. The van der Waals surface area contributed by atoms with Crippen molar-refractivity contribution in [3.63, 3.8) is 0 Å². The van der Waals surface area contributed by atoms with Crippen LogP contribution in [-0.2, 0) is 0 Å². The van der Waals surface area contributed by atoms with Crippen molar-refractivity contribution >= 4 is 29.4 Å². The predicted molar refractivity (Wildman–Crippen MR) is 124 cm³/mol. The van der Waals surface area contributed by atoms with Gasteiger partial charge < -0.3 is 9.30 Å². The third-order valence-electron chi connectivity index (χ3n) is 4.81. The molecule has 0 atom stereocenters. The number of benzene rings is 2. The minimum Gasteiger partial charge on any atom is -0.494 e. The molecule has 0 aliphatic rings. The zero-order valence-corrected chi connectivity index (χ0v) is 18.7. The molecule has 166 valence electrons. The molecule has 8 nitrogen and oxygen atoms in total. The van der Waals surface area contributed by atoms with Gasteiger partial charge in [-0.05, 0) is 56.7 Å². The monoisotopic (exact) mass is 454 g/mol. The second-order valence-electron chi connectivity index (χ2n) is 7.13. The van der Waals surface area contributed by atoms with Crippen LogP contribution < -0.4 is 10.2 Å². The van der Waals surface area contributed by atoms with Crippen LogP contribution in [0.1, 0.15) is 40.7 Å². The molecule has 2 aromatic carbocycles. The first-order chi connectivity index (χ1) is 15.3. The van der Waals surface area contributed by atoms with E-state index in [-0.39, 0.29) is 16.6 Å². The van der Waals surface area contributed by atoms with Gasteiger partial charge in [-0.3, -0.25) is 14.9 Å². The fourth-order valence-corrected chi connectivity index (χ4v) is 3.49. The van der Waals surface area contributed by atoms with Gasteiger partial charge in [0.2, 0.25) is 0 Å². The number of carbonyl (C=O) groups excluding carboxylic acids is 1. The van der Waals surface area contributed by atoms with E-state index in [2.05, 4.69) is 10.5 Å². The molecule has 0 saturated heterocycles. The molecule has 1 amide bonds. The van der Waals surface area contributed by atoms with E-state index in [1.807, 2.05) is 31.4 Å². The number of halogens is 1. The minimum absolute atomic E-state index is 0.0735. The molecule has 1 heterocycles. The number of amides is 1. The fourth-order valence-electron chi connectivity index (χ4n) is 3.23. The Bertz CT molecular complexity index is 1170. The number of nitrogens with one attached hydrogen (secondary N) is 1. The molecule has 3 rings (SSSR count). The van der Waals surface area contributed by atoms with Crippen LogP contribution >= 0.6 is 11.6 Å². The van der Waals surface area contributed by atoms with Crippen molar-refractivity contribution in [3.8, 4) is 11.4 Å². The highest BCUT2D eigenvalue weighted by Crippen LogP contribution is 2.29. The maximum atomic E-state index is 12.3. The molecular weight excluding hydrogens is 432 g/mol. The van der Waals surface area contributed by atoms with Crippen LogP contribution in [0.4, 0.5) is 5.69 Å². The molecule has 32 heavy (non-hydrogen) atoms. The highest BCUT2D eigenvalue weighted by molar-refractivity contribution is 6.32. The summed E-state index contributed by atoms with van der Waals surface area (Å²) in [6, 6.07) is 13.1. The second-order valence-corrected chi connectivity index (χ2v) is 7.53. The van der Waals surface area contributed by atoms with Crippen molar-refractivity contribution < 1.29 is 14.5 Å². The Hall–Kier alpha value is -3.65. The number of hydrogen-bond acceptors (Lipinski definition) is 5. The Balaban J connectivity index is 1.73. The number of hydrazone groups is 1. The minimum atomic E-state index is -0.489. The first kappa shape index (κ1) is 23.0. The summed E-state index contributed by atoms with van der Waals surface area (Å²) in [5.41, 5.74) is 6.01. The number of nitrogens with zero attached hydrogens (tertiary/aromatic N) is 3. The normalized spacial score (nSPS) is 11.0. The lowest BCUT2D eigenvalue weighted by molar-refractivity contribution is -0.384. The lowest BCUT2D eigenvalue weighted by Crippen LogP contribution is -2.17. The van der Waals surface area contributed by atoms with Crippen molar-refractivity contribution in [2.75, 3.05) is 6.61 Å². The van der Waals surface area contributed by atoms with Gasteiger partial charge in [0.25, 0.3) is 11.6 Å². The van der Waals surface area contributed by atoms with Crippen LogP contribution in [-0.4, -0.2) is 28.2 Å². The van der Waals surface area contributed by atoms with Crippen molar-refractivity contribution in [1.82, 2.24) is 9.99 Å². The predicted octanol–water partition coefficient (Wildman–Crippen LogP) is 5.21. The number of rotatable bonds is 8. The molecule has 0 aliphatic heterocycles. The maximum Gasteiger partial charge on any atom is 0.271 e.